The van der Waals surface area contributed by atoms with Crippen molar-refractivity contribution in [1.29, 1.82) is 0 Å². The van der Waals surface area contributed by atoms with E-state index in [1.807, 2.05) is 37.3 Å². The summed E-state index contributed by atoms with van der Waals surface area (Å²) in [4.78, 5) is 14.2. The first kappa shape index (κ1) is 22.0. The second-order valence-corrected chi connectivity index (χ2v) is 8.45. The molecule has 7 nitrogen and oxygen atoms in total. The van der Waals surface area contributed by atoms with Crippen LogP contribution in [0.4, 0.5) is 0 Å². The van der Waals surface area contributed by atoms with Crippen LogP contribution in [0, 0.1) is 6.92 Å². The number of benzene rings is 3. The Bertz CT molecular complexity index is 1130. The molecule has 3 aromatic rings. The van der Waals surface area contributed by atoms with E-state index < -0.39 is 10.0 Å². The maximum absolute atomic E-state index is 12.2. The van der Waals surface area contributed by atoms with E-state index in [4.69, 9.17) is 4.74 Å². The molecule has 0 bridgehead atoms. The molecule has 0 aliphatic rings. The van der Waals surface area contributed by atoms with E-state index in [9.17, 15) is 13.2 Å². The zero-order valence-electron chi connectivity index (χ0n) is 17.0. The largest absolute Gasteiger partial charge is 0.484 e. The Morgan fingerprint density at radius 3 is 2.32 bits per heavy atom. The second-order valence-electron chi connectivity index (χ2n) is 6.79. The first-order chi connectivity index (χ1) is 14.9. The lowest BCUT2D eigenvalue weighted by atomic mass is 10.2. The number of hydrazone groups is 1. The Balaban J connectivity index is 1.46. The Hall–Kier alpha value is -3.65. The van der Waals surface area contributed by atoms with Gasteiger partial charge >= 0.3 is 0 Å². The highest BCUT2D eigenvalue weighted by atomic mass is 32.2. The summed E-state index contributed by atoms with van der Waals surface area (Å²) in [5.41, 5.74) is 2.66. The number of nitrogens with zero attached hydrogens (tertiary/aromatic N) is 1. The van der Waals surface area contributed by atoms with Crippen LogP contribution in [0.15, 0.2) is 88.9 Å². The summed E-state index contributed by atoms with van der Waals surface area (Å²) in [5, 5.41) is 6.59. The van der Waals surface area contributed by atoms with Gasteiger partial charge in [0.2, 0.25) is 0 Å². The first-order valence-corrected chi connectivity index (χ1v) is 11.1. The fourth-order valence-electron chi connectivity index (χ4n) is 2.59. The van der Waals surface area contributed by atoms with Crippen LogP contribution in [0.5, 0.6) is 5.75 Å². The van der Waals surface area contributed by atoms with Crippen molar-refractivity contribution in [2.45, 2.75) is 18.4 Å². The van der Waals surface area contributed by atoms with Crippen molar-refractivity contribution in [3.63, 3.8) is 0 Å². The van der Waals surface area contributed by atoms with Crippen molar-refractivity contribution in [3.05, 3.63) is 95.6 Å². The maximum atomic E-state index is 12.2. The molecule has 0 unspecified atom stereocenters. The van der Waals surface area contributed by atoms with Crippen LogP contribution in [-0.2, 0) is 21.4 Å². The SMILES string of the molecule is Cc1ccc(S(=O)(=O)N/N=C\c2ccc(OCC(=O)NCc3ccccc3)cc2)cc1. The van der Waals surface area contributed by atoms with Gasteiger partial charge in [-0.1, -0.05) is 48.0 Å². The van der Waals surface area contributed by atoms with Crippen molar-refractivity contribution >= 4 is 22.1 Å². The van der Waals surface area contributed by atoms with Crippen LogP contribution in [-0.4, -0.2) is 27.1 Å². The zero-order valence-corrected chi connectivity index (χ0v) is 17.8. The molecule has 3 rings (SSSR count). The van der Waals surface area contributed by atoms with Gasteiger partial charge in [-0.25, -0.2) is 4.83 Å². The number of ether oxygens (including phenoxy) is 1. The van der Waals surface area contributed by atoms with E-state index in [2.05, 4.69) is 15.2 Å². The molecule has 0 saturated carbocycles. The number of hydrogen-bond acceptors (Lipinski definition) is 5. The molecular formula is C23H23N3O4S. The zero-order chi connectivity index (χ0) is 22.1. The summed E-state index contributed by atoms with van der Waals surface area (Å²) in [5.74, 6) is 0.298. The molecule has 0 aliphatic heterocycles. The van der Waals surface area contributed by atoms with Gasteiger partial charge in [0.25, 0.3) is 15.9 Å². The van der Waals surface area contributed by atoms with Crippen LogP contribution >= 0.6 is 0 Å². The second kappa shape index (κ2) is 10.4. The van der Waals surface area contributed by atoms with E-state index in [0.717, 1.165) is 11.1 Å². The van der Waals surface area contributed by atoms with Crippen LogP contribution < -0.4 is 14.9 Å². The molecule has 8 heteroatoms. The molecule has 0 heterocycles. The smallest absolute Gasteiger partial charge is 0.276 e. The Kier molecular flexibility index (Phi) is 7.40. The van der Waals surface area contributed by atoms with Crippen molar-refractivity contribution < 1.29 is 17.9 Å². The number of carbonyl (C=O) groups is 1. The highest BCUT2D eigenvalue weighted by Gasteiger charge is 2.11. The number of hydrogen-bond donors (Lipinski definition) is 2. The van der Waals surface area contributed by atoms with Gasteiger partial charge in [-0.05, 0) is 54.4 Å². The lowest BCUT2D eigenvalue weighted by Crippen LogP contribution is -2.28. The Morgan fingerprint density at radius 1 is 0.968 bits per heavy atom. The lowest BCUT2D eigenvalue weighted by molar-refractivity contribution is -0.123. The molecule has 2 N–H and O–H groups in total. The van der Waals surface area contributed by atoms with Crippen LogP contribution in [0.3, 0.4) is 0 Å². The number of carbonyl (C=O) groups excluding carboxylic acids is 1. The van der Waals surface area contributed by atoms with E-state index in [1.165, 1.54) is 18.3 Å². The minimum atomic E-state index is -3.72. The molecular weight excluding hydrogens is 414 g/mol. The minimum absolute atomic E-state index is 0.101. The van der Waals surface area contributed by atoms with Crippen LogP contribution in [0.2, 0.25) is 0 Å². The molecule has 0 aliphatic carbocycles. The van der Waals surface area contributed by atoms with Gasteiger partial charge in [-0.2, -0.15) is 13.5 Å². The fourth-order valence-corrected chi connectivity index (χ4v) is 3.38. The van der Waals surface area contributed by atoms with Gasteiger partial charge in [0, 0.05) is 6.54 Å². The third-order valence-electron chi connectivity index (χ3n) is 4.30. The monoisotopic (exact) mass is 437 g/mol. The van der Waals surface area contributed by atoms with Gasteiger partial charge in [-0.3, -0.25) is 4.79 Å². The molecule has 3 aromatic carbocycles. The predicted molar refractivity (Wildman–Crippen MR) is 119 cm³/mol. The summed E-state index contributed by atoms with van der Waals surface area (Å²) < 4.78 is 29.9. The van der Waals surface area contributed by atoms with Crippen LogP contribution in [0.25, 0.3) is 0 Å². The lowest BCUT2D eigenvalue weighted by Gasteiger charge is -2.08. The minimum Gasteiger partial charge on any atom is -0.484 e. The molecule has 1 amide bonds. The topological polar surface area (TPSA) is 96.9 Å². The van der Waals surface area contributed by atoms with E-state index in [0.29, 0.717) is 17.9 Å². The maximum Gasteiger partial charge on any atom is 0.276 e. The molecule has 0 saturated heterocycles. The van der Waals surface area contributed by atoms with Crippen molar-refractivity contribution in [1.82, 2.24) is 10.1 Å². The number of rotatable bonds is 9. The number of sulfonamides is 1. The van der Waals surface area contributed by atoms with Crippen molar-refractivity contribution in [2.24, 2.45) is 5.10 Å². The molecule has 0 fully saturated rings. The number of aryl methyl sites for hydroxylation is 1. The Labute approximate surface area is 181 Å². The first-order valence-electron chi connectivity index (χ1n) is 9.57. The average molecular weight is 438 g/mol. The third kappa shape index (κ3) is 6.97. The van der Waals surface area contributed by atoms with E-state index in [1.54, 1.807) is 36.4 Å². The quantitative estimate of drug-likeness (QED) is 0.397. The molecule has 0 atom stereocenters. The molecule has 0 aromatic heterocycles. The van der Waals surface area contributed by atoms with Crippen molar-refractivity contribution in [2.75, 3.05) is 6.61 Å². The van der Waals surface area contributed by atoms with Gasteiger partial charge < -0.3 is 10.1 Å². The summed E-state index contributed by atoms with van der Waals surface area (Å²) in [6.07, 6.45) is 1.39. The molecule has 0 radical (unpaired) electrons. The molecule has 0 spiro atoms. The predicted octanol–water partition coefficient (Wildman–Crippen LogP) is 3.00. The Morgan fingerprint density at radius 2 is 1.65 bits per heavy atom. The normalized spacial score (nSPS) is 11.3. The highest BCUT2D eigenvalue weighted by Crippen LogP contribution is 2.12. The van der Waals surface area contributed by atoms with Gasteiger partial charge in [0.05, 0.1) is 11.1 Å². The van der Waals surface area contributed by atoms with Gasteiger partial charge in [-0.15, -0.1) is 0 Å². The number of amides is 1. The highest BCUT2D eigenvalue weighted by molar-refractivity contribution is 7.89. The van der Waals surface area contributed by atoms with E-state index in [-0.39, 0.29) is 17.4 Å². The summed E-state index contributed by atoms with van der Waals surface area (Å²) in [6, 6.07) is 22.9. The van der Waals surface area contributed by atoms with Crippen molar-refractivity contribution in [3.8, 4) is 5.75 Å². The van der Waals surface area contributed by atoms with Gasteiger partial charge in [0.1, 0.15) is 5.75 Å². The molecule has 160 valence electrons. The fraction of sp³-hybridized carbons (Fsp3) is 0.130. The summed E-state index contributed by atoms with van der Waals surface area (Å²) in [6.45, 7) is 2.22. The number of nitrogens with one attached hydrogen (secondary N) is 2. The summed E-state index contributed by atoms with van der Waals surface area (Å²) in [7, 11) is -3.72. The third-order valence-corrected chi connectivity index (χ3v) is 5.54. The van der Waals surface area contributed by atoms with Gasteiger partial charge in [0.15, 0.2) is 6.61 Å². The average Bonchev–Trinajstić information content (AvgIpc) is 2.78. The molecule has 31 heavy (non-hydrogen) atoms. The summed E-state index contributed by atoms with van der Waals surface area (Å²) >= 11 is 0. The standard InChI is InChI=1S/C23H23N3O4S/c1-18-7-13-22(14-8-18)31(28,29)26-25-16-20-9-11-21(12-10-20)30-17-23(27)24-15-19-5-3-2-4-6-19/h2-14,16,26H,15,17H2,1H3,(H,24,27)/b25-16-. The van der Waals surface area contributed by atoms with Crippen LogP contribution in [0.1, 0.15) is 16.7 Å². The van der Waals surface area contributed by atoms with E-state index >= 15 is 0 Å².